The van der Waals surface area contributed by atoms with Gasteiger partial charge in [-0.2, -0.15) is 0 Å². The molecule has 0 saturated heterocycles. The number of carbonyl (C=O) groups excluding carboxylic acids is 1. The Hall–Kier alpha value is -0.600. The monoisotopic (exact) mass is 542 g/mol. The van der Waals surface area contributed by atoms with Crippen molar-refractivity contribution in [3.63, 3.8) is 0 Å². The maximum absolute atomic E-state index is 14.1. The molecule has 0 aliphatic rings. The van der Waals surface area contributed by atoms with Crippen LogP contribution < -0.4 is 0 Å². The van der Waals surface area contributed by atoms with E-state index in [4.69, 9.17) is 27.2 Å². The third-order valence-electron chi connectivity index (χ3n) is 4.65. The molecule has 0 aliphatic heterocycles. The van der Waals surface area contributed by atoms with Crippen LogP contribution >= 0.6 is 27.0 Å². The van der Waals surface area contributed by atoms with Gasteiger partial charge >= 0.3 is 21.2 Å². The molecule has 12 heteroatoms. The van der Waals surface area contributed by atoms with Crippen LogP contribution in [-0.2, 0) is 42.9 Å². The third kappa shape index (κ3) is 9.12. The molecule has 0 fully saturated rings. The second kappa shape index (κ2) is 16.2. The first-order valence-corrected chi connectivity index (χ1v) is 16.3. The maximum Gasteiger partial charge on any atom is 0.339 e. The summed E-state index contributed by atoms with van der Waals surface area (Å²) in [6.07, 6.45) is 3.02. The van der Waals surface area contributed by atoms with Gasteiger partial charge in [-0.25, -0.2) is 0 Å². The molecule has 1 rings (SSSR count). The zero-order valence-electron chi connectivity index (χ0n) is 21.2. The third-order valence-corrected chi connectivity index (χ3v) is 10.7. The Balaban J connectivity index is 3.63. The van der Waals surface area contributed by atoms with Gasteiger partial charge in [-0.1, -0.05) is 13.3 Å². The Morgan fingerprint density at radius 2 is 1.53 bits per heavy atom. The summed E-state index contributed by atoms with van der Waals surface area (Å²) < 4.78 is 60.6. The maximum atomic E-state index is 14.1. The van der Waals surface area contributed by atoms with Crippen LogP contribution in [0.5, 0.6) is 0 Å². The number of rotatable bonds is 19. The summed E-state index contributed by atoms with van der Waals surface area (Å²) >= 11 is 1.35. The molecule has 198 valence electrons. The summed E-state index contributed by atoms with van der Waals surface area (Å²) in [5.41, 5.74) is -0.620. The molecule has 1 aromatic rings. The standard InChI is InChI=1S/C22H40O9P2S/c1-7-13-16-34-21(22(23)26-8-2)20(33(25,30-11-5)31-12-6)18-14-15-27-19(18)17-32(24,28-9-3)29-10-4/h14-15,20-21H,7-13,16-17H2,1-6H3. The summed E-state index contributed by atoms with van der Waals surface area (Å²) in [6.45, 7) is 11.4. The van der Waals surface area contributed by atoms with E-state index in [1.54, 1.807) is 40.7 Å². The van der Waals surface area contributed by atoms with Crippen molar-refractivity contribution in [1.82, 2.24) is 0 Å². The molecule has 2 unspecified atom stereocenters. The molecule has 0 spiro atoms. The summed E-state index contributed by atoms with van der Waals surface area (Å²) in [5, 5.41) is -0.884. The number of furan rings is 1. The average Bonchev–Trinajstić information content (AvgIpc) is 3.20. The van der Waals surface area contributed by atoms with Crippen LogP contribution in [0.4, 0.5) is 0 Å². The lowest BCUT2D eigenvalue weighted by Crippen LogP contribution is -2.29. The lowest BCUT2D eigenvalue weighted by atomic mass is 10.1. The lowest BCUT2D eigenvalue weighted by Gasteiger charge is -2.31. The van der Waals surface area contributed by atoms with E-state index in [1.165, 1.54) is 18.0 Å². The van der Waals surface area contributed by atoms with E-state index in [2.05, 4.69) is 6.92 Å². The second-order valence-electron chi connectivity index (χ2n) is 7.12. The van der Waals surface area contributed by atoms with Crippen molar-refractivity contribution >= 4 is 32.9 Å². The van der Waals surface area contributed by atoms with Crippen LogP contribution in [-0.4, -0.2) is 50.0 Å². The zero-order valence-corrected chi connectivity index (χ0v) is 23.8. The van der Waals surface area contributed by atoms with Crippen molar-refractivity contribution < 1.29 is 41.2 Å². The van der Waals surface area contributed by atoms with E-state index >= 15 is 0 Å². The second-order valence-corrected chi connectivity index (χ2v) is 12.6. The van der Waals surface area contributed by atoms with Gasteiger partial charge in [0.25, 0.3) is 0 Å². The number of esters is 1. The number of hydrogen-bond acceptors (Lipinski definition) is 10. The molecule has 1 aromatic heterocycles. The fourth-order valence-electron chi connectivity index (χ4n) is 3.36. The van der Waals surface area contributed by atoms with Crippen molar-refractivity contribution in [3.05, 3.63) is 23.7 Å². The number of carbonyl (C=O) groups is 1. The first kappa shape index (κ1) is 31.4. The Bertz CT molecular complexity index is 794. The van der Waals surface area contributed by atoms with Gasteiger partial charge in [-0.05, 0) is 52.9 Å². The lowest BCUT2D eigenvalue weighted by molar-refractivity contribution is -0.142. The van der Waals surface area contributed by atoms with Gasteiger partial charge in [-0.15, -0.1) is 11.8 Å². The Morgan fingerprint density at radius 1 is 0.941 bits per heavy atom. The molecule has 9 nitrogen and oxygen atoms in total. The highest BCUT2D eigenvalue weighted by atomic mass is 32.2. The molecule has 0 bridgehead atoms. The number of ether oxygens (including phenoxy) is 1. The molecule has 0 radical (unpaired) electrons. The fourth-order valence-corrected chi connectivity index (χ4v) is 9.10. The van der Waals surface area contributed by atoms with Crippen molar-refractivity contribution in [1.29, 1.82) is 0 Å². The van der Waals surface area contributed by atoms with Crippen LogP contribution in [0.15, 0.2) is 16.7 Å². The van der Waals surface area contributed by atoms with E-state index in [-0.39, 0.29) is 45.0 Å². The first-order valence-electron chi connectivity index (χ1n) is 11.9. The Labute approximate surface area is 208 Å². The Morgan fingerprint density at radius 3 is 2.03 bits per heavy atom. The normalized spacial score (nSPS) is 14.2. The van der Waals surface area contributed by atoms with Gasteiger partial charge in [0.1, 0.15) is 22.8 Å². The zero-order chi connectivity index (χ0) is 25.6. The summed E-state index contributed by atoms with van der Waals surface area (Å²) in [4.78, 5) is 13.1. The van der Waals surface area contributed by atoms with Crippen molar-refractivity contribution in [2.45, 2.75) is 71.5 Å². The molecule has 2 atom stereocenters. The first-order chi connectivity index (χ1) is 16.3. The van der Waals surface area contributed by atoms with Gasteiger partial charge < -0.3 is 27.2 Å². The van der Waals surface area contributed by atoms with Crippen LogP contribution in [0.2, 0.25) is 0 Å². The van der Waals surface area contributed by atoms with Crippen LogP contribution in [0.3, 0.4) is 0 Å². The highest BCUT2D eigenvalue weighted by molar-refractivity contribution is 8.00. The van der Waals surface area contributed by atoms with E-state index in [9.17, 15) is 13.9 Å². The van der Waals surface area contributed by atoms with Gasteiger partial charge in [0, 0.05) is 5.56 Å². The summed E-state index contributed by atoms with van der Waals surface area (Å²) in [6, 6.07) is 1.61. The average molecular weight is 543 g/mol. The van der Waals surface area contributed by atoms with Gasteiger partial charge in [0.05, 0.1) is 39.3 Å². The topological polar surface area (TPSA) is 110 Å². The predicted octanol–water partition coefficient (Wildman–Crippen LogP) is 6.82. The van der Waals surface area contributed by atoms with E-state index in [1.807, 2.05) is 0 Å². The van der Waals surface area contributed by atoms with Crippen LogP contribution in [0, 0.1) is 0 Å². The molecule has 1 heterocycles. The number of hydrogen-bond donors (Lipinski definition) is 0. The van der Waals surface area contributed by atoms with Crippen molar-refractivity contribution in [2.75, 3.05) is 38.8 Å². The number of thioether (sulfide) groups is 1. The van der Waals surface area contributed by atoms with Gasteiger partial charge in [0.15, 0.2) is 0 Å². The van der Waals surface area contributed by atoms with Gasteiger partial charge in [-0.3, -0.25) is 13.9 Å². The number of unbranched alkanes of at least 4 members (excludes halogenated alkanes) is 1. The minimum absolute atomic E-state index is 0.118. The molecule has 0 saturated carbocycles. The van der Waals surface area contributed by atoms with Gasteiger partial charge in [0.2, 0.25) is 0 Å². The largest absolute Gasteiger partial charge is 0.468 e. The predicted molar refractivity (Wildman–Crippen MR) is 135 cm³/mol. The highest BCUT2D eigenvalue weighted by Gasteiger charge is 2.48. The van der Waals surface area contributed by atoms with E-state index in [0.717, 1.165) is 12.8 Å². The summed E-state index contributed by atoms with van der Waals surface area (Å²) in [7, 11) is -7.42. The smallest absolute Gasteiger partial charge is 0.339 e. The Kier molecular flexibility index (Phi) is 15.0. The fraction of sp³-hybridized carbons (Fsp3) is 0.773. The minimum atomic E-state index is -3.88. The van der Waals surface area contributed by atoms with E-state index < -0.39 is 32.1 Å². The quantitative estimate of drug-likeness (QED) is 0.105. The van der Waals surface area contributed by atoms with E-state index in [0.29, 0.717) is 11.3 Å². The highest BCUT2D eigenvalue weighted by Crippen LogP contribution is 2.65. The van der Waals surface area contributed by atoms with Crippen molar-refractivity contribution in [2.24, 2.45) is 0 Å². The summed E-state index contributed by atoms with van der Waals surface area (Å²) in [5.74, 6) is 0.386. The molecule has 0 aromatic carbocycles. The molecule has 0 aliphatic carbocycles. The molecule has 0 N–H and O–H groups in total. The molecule has 34 heavy (non-hydrogen) atoms. The molecular weight excluding hydrogens is 502 g/mol. The SMILES string of the molecule is CCCCSC(C(=O)OCC)C(c1ccoc1CP(=O)(OCC)OCC)P(=O)(OCC)OCC. The van der Waals surface area contributed by atoms with Crippen LogP contribution in [0.1, 0.15) is 71.4 Å². The molecule has 0 amide bonds. The van der Waals surface area contributed by atoms with Crippen molar-refractivity contribution in [3.8, 4) is 0 Å². The minimum Gasteiger partial charge on any atom is -0.468 e. The molecular formula is C22H40O9P2S. The van der Waals surface area contributed by atoms with Crippen LogP contribution in [0.25, 0.3) is 0 Å².